The average Bonchev–Trinajstić information content (AvgIpc) is 2.74. The Balaban J connectivity index is 2.42. The second-order valence-corrected chi connectivity index (χ2v) is 7.49. The zero-order valence-corrected chi connectivity index (χ0v) is 13.5. The van der Waals surface area contributed by atoms with Crippen molar-refractivity contribution in [3.05, 3.63) is 46.9 Å². The largest absolute Gasteiger partial charge is 0.369 e. The summed E-state index contributed by atoms with van der Waals surface area (Å²) in [7, 11) is -3.37. The lowest BCUT2D eigenvalue weighted by molar-refractivity contribution is 0.602. The lowest BCUT2D eigenvalue weighted by Crippen LogP contribution is -2.01. The third-order valence-corrected chi connectivity index (χ3v) is 4.97. The Bertz CT molecular complexity index is 948. The highest BCUT2D eigenvalue weighted by molar-refractivity contribution is 9.10. The minimum absolute atomic E-state index is 0.178. The number of benzene rings is 2. The molecule has 0 saturated heterocycles. The second-order valence-electron chi connectivity index (χ2n) is 4.65. The number of nitrogens with two attached hydrogens (primary N) is 1. The summed E-state index contributed by atoms with van der Waals surface area (Å²) in [6.07, 6.45) is 1.16. The van der Waals surface area contributed by atoms with Crippen molar-refractivity contribution in [1.29, 1.82) is 0 Å². The van der Waals surface area contributed by atoms with E-state index in [0.717, 1.165) is 16.4 Å². The molecule has 0 atom stereocenters. The highest BCUT2D eigenvalue weighted by Crippen LogP contribution is 2.30. The normalized spacial score (nSPS) is 11.9. The summed E-state index contributed by atoms with van der Waals surface area (Å²) >= 11 is 3.47. The second kappa shape index (κ2) is 4.85. The van der Waals surface area contributed by atoms with Crippen molar-refractivity contribution in [3.8, 4) is 5.69 Å². The maximum Gasteiger partial charge on any atom is 0.206 e. The topological polar surface area (TPSA) is 78.0 Å². The van der Waals surface area contributed by atoms with Crippen LogP contribution in [0.5, 0.6) is 0 Å². The van der Waals surface area contributed by atoms with Gasteiger partial charge >= 0.3 is 0 Å². The molecule has 5 nitrogen and oxygen atoms in total. The van der Waals surface area contributed by atoms with E-state index in [1.807, 2.05) is 24.3 Å². The zero-order valence-electron chi connectivity index (χ0n) is 11.1. The number of sulfone groups is 1. The highest BCUT2D eigenvalue weighted by Gasteiger charge is 2.19. The quantitative estimate of drug-likeness (QED) is 0.757. The van der Waals surface area contributed by atoms with Crippen LogP contribution in [0.2, 0.25) is 0 Å². The summed E-state index contributed by atoms with van der Waals surface area (Å²) in [6.45, 7) is 0. The molecule has 0 aliphatic rings. The SMILES string of the molecule is CS(=O)(=O)c1cccc2c1nc(N)n2-c1ccccc1Br. The minimum atomic E-state index is -3.37. The molecule has 7 heteroatoms. The lowest BCUT2D eigenvalue weighted by atomic mass is 10.3. The van der Waals surface area contributed by atoms with Crippen LogP contribution in [0.3, 0.4) is 0 Å². The molecule has 3 rings (SSSR count). The van der Waals surface area contributed by atoms with Gasteiger partial charge in [-0.05, 0) is 40.2 Å². The standard InChI is InChI=1S/C14H12BrN3O2S/c1-21(19,20)12-8-4-7-11-13(12)17-14(16)18(11)10-6-3-2-5-9(10)15/h2-8H,1H3,(H2,16,17). The number of rotatable bonds is 2. The molecule has 0 amide bonds. The van der Waals surface area contributed by atoms with Crippen molar-refractivity contribution >= 4 is 42.7 Å². The van der Waals surface area contributed by atoms with Gasteiger partial charge in [-0.25, -0.2) is 13.4 Å². The predicted octanol–water partition coefficient (Wildman–Crippen LogP) is 2.77. The Morgan fingerprint density at radius 1 is 1.14 bits per heavy atom. The van der Waals surface area contributed by atoms with E-state index < -0.39 is 9.84 Å². The van der Waals surface area contributed by atoms with Crippen LogP contribution in [0.1, 0.15) is 0 Å². The van der Waals surface area contributed by atoms with Gasteiger partial charge in [0, 0.05) is 10.7 Å². The van der Waals surface area contributed by atoms with E-state index in [2.05, 4.69) is 20.9 Å². The number of fused-ring (bicyclic) bond motifs is 1. The summed E-state index contributed by atoms with van der Waals surface area (Å²) < 4.78 is 26.3. The molecule has 1 aromatic heterocycles. The number of nitrogen functional groups attached to an aromatic ring is 1. The Morgan fingerprint density at radius 2 is 1.86 bits per heavy atom. The molecule has 0 unspecified atom stereocenters. The molecule has 0 saturated carbocycles. The number of halogens is 1. The molecule has 2 N–H and O–H groups in total. The van der Waals surface area contributed by atoms with Crippen LogP contribution < -0.4 is 5.73 Å². The Morgan fingerprint density at radius 3 is 2.52 bits per heavy atom. The molecule has 3 aromatic rings. The monoisotopic (exact) mass is 365 g/mol. The van der Waals surface area contributed by atoms with Gasteiger partial charge in [0.1, 0.15) is 5.52 Å². The van der Waals surface area contributed by atoms with Crippen molar-refractivity contribution in [2.45, 2.75) is 4.90 Å². The van der Waals surface area contributed by atoms with Gasteiger partial charge in [-0.2, -0.15) is 0 Å². The van der Waals surface area contributed by atoms with E-state index >= 15 is 0 Å². The van der Waals surface area contributed by atoms with E-state index in [1.54, 1.807) is 16.7 Å². The predicted molar refractivity (Wildman–Crippen MR) is 86.3 cm³/mol. The molecule has 0 aliphatic carbocycles. The summed E-state index contributed by atoms with van der Waals surface area (Å²) in [6, 6.07) is 12.6. The number of anilines is 1. The first-order chi connectivity index (χ1) is 9.89. The van der Waals surface area contributed by atoms with Gasteiger partial charge in [0.2, 0.25) is 5.95 Å². The first kappa shape index (κ1) is 14.1. The number of nitrogens with zero attached hydrogens (tertiary/aromatic N) is 2. The molecule has 2 aromatic carbocycles. The first-order valence-corrected chi connectivity index (χ1v) is 8.80. The Labute approximate surface area is 130 Å². The summed E-state index contributed by atoms with van der Waals surface area (Å²) in [4.78, 5) is 4.42. The summed E-state index contributed by atoms with van der Waals surface area (Å²) in [5.41, 5.74) is 7.85. The molecule has 0 bridgehead atoms. The molecular weight excluding hydrogens is 354 g/mol. The van der Waals surface area contributed by atoms with Crippen molar-refractivity contribution < 1.29 is 8.42 Å². The Kier molecular flexibility index (Phi) is 3.26. The summed E-state index contributed by atoms with van der Waals surface area (Å²) in [5.74, 6) is 0.244. The smallest absolute Gasteiger partial charge is 0.206 e. The van der Waals surface area contributed by atoms with E-state index in [4.69, 9.17) is 5.73 Å². The van der Waals surface area contributed by atoms with Crippen LogP contribution in [0.4, 0.5) is 5.95 Å². The zero-order chi connectivity index (χ0) is 15.2. The molecule has 1 heterocycles. The van der Waals surface area contributed by atoms with Crippen LogP contribution in [0.15, 0.2) is 51.8 Å². The molecule has 108 valence electrons. The Hall–Kier alpha value is -1.86. The third-order valence-electron chi connectivity index (χ3n) is 3.17. The van der Waals surface area contributed by atoms with Gasteiger partial charge in [0.05, 0.1) is 16.1 Å². The number of para-hydroxylation sites is 2. The summed E-state index contributed by atoms with van der Waals surface area (Å²) in [5, 5.41) is 0. The van der Waals surface area contributed by atoms with Crippen LogP contribution in [0, 0.1) is 0 Å². The van der Waals surface area contributed by atoms with Gasteiger partial charge in [0.15, 0.2) is 9.84 Å². The van der Waals surface area contributed by atoms with Crippen LogP contribution in [-0.4, -0.2) is 24.2 Å². The van der Waals surface area contributed by atoms with E-state index in [0.29, 0.717) is 11.0 Å². The average molecular weight is 366 g/mol. The third kappa shape index (κ3) is 2.32. The molecular formula is C14H12BrN3O2S. The van der Waals surface area contributed by atoms with Crippen LogP contribution >= 0.6 is 15.9 Å². The van der Waals surface area contributed by atoms with Gasteiger partial charge in [0.25, 0.3) is 0 Å². The van der Waals surface area contributed by atoms with Crippen LogP contribution in [-0.2, 0) is 9.84 Å². The number of aromatic nitrogens is 2. The van der Waals surface area contributed by atoms with Crippen molar-refractivity contribution in [1.82, 2.24) is 9.55 Å². The minimum Gasteiger partial charge on any atom is -0.369 e. The molecule has 0 aliphatic heterocycles. The van der Waals surface area contributed by atoms with Gasteiger partial charge < -0.3 is 5.73 Å². The van der Waals surface area contributed by atoms with E-state index in [1.165, 1.54) is 6.07 Å². The maximum atomic E-state index is 11.9. The van der Waals surface area contributed by atoms with Crippen molar-refractivity contribution in [3.63, 3.8) is 0 Å². The van der Waals surface area contributed by atoms with Gasteiger partial charge in [-0.1, -0.05) is 18.2 Å². The van der Waals surface area contributed by atoms with Crippen LogP contribution in [0.25, 0.3) is 16.7 Å². The molecule has 21 heavy (non-hydrogen) atoms. The molecule has 0 radical (unpaired) electrons. The number of hydrogen-bond acceptors (Lipinski definition) is 4. The maximum absolute atomic E-state index is 11.9. The molecule has 0 fully saturated rings. The van der Waals surface area contributed by atoms with E-state index in [-0.39, 0.29) is 10.8 Å². The fourth-order valence-corrected chi connectivity index (χ4v) is 3.57. The van der Waals surface area contributed by atoms with E-state index in [9.17, 15) is 8.42 Å². The fourth-order valence-electron chi connectivity index (χ4n) is 2.28. The first-order valence-electron chi connectivity index (χ1n) is 6.11. The van der Waals surface area contributed by atoms with Crippen molar-refractivity contribution in [2.24, 2.45) is 0 Å². The van der Waals surface area contributed by atoms with Crippen molar-refractivity contribution in [2.75, 3.05) is 12.0 Å². The highest BCUT2D eigenvalue weighted by atomic mass is 79.9. The molecule has 0 spiro atoms. The van der Waals surface area contributed by atoms with Gasteiger partial charge in [-0.15, -0.1) is 0 Å². The number of imidazole rings is 1. The lowest BCUT2D eigenvalue weighted by Gasteiger charge is -2.08. The van der Waals surface area contributed by atoms with Gasteiger partial charge in [-0.3, -0.25) is 4.57 Å². The fraction of sp³-hybridized carbons (Fsp3) is 0.0714. The number of hydrogen-bond donors (Lipinski definition) is 1.